The molecular formula is C15H20ClNO2. The van der Waals surface area contributed by atoms with Crippen LogP contribution in [0.4, 0.5) is 0 Å². The SMILES string of the molecule is Cc1cc(O[C@@H]2C[C@@H]3CNC[C@@H]3C[C@H]2O)ccc1Cl. The predicted molar refractivity (Wildman–Crippen MR) is 75.7 cm³/mol. The standard InChI is InChI=1S/C15H20ClNO2/c1-9-4-12(2-3-13(9)16)19-15-6-11-8-17-7-10(11)5-14(15)18/h2-4,10-11,14-15,17-18H,5-8H2,1H3/t10-,11+,14+,15+/m0/s1. The second kappa shape index (κ2) is 5.31. The summed E-state index contributed by atoms with van der Waals surface area (Å²) in [6.07, 6.45) is 1.31. The largest absolute Gasteiger partial charge is 0.488 e. The van der Waals surface area contributed by atoms with Crippen LogP contribution in [0, 0.1) is 18.8 Å². The van der Waals surface area contributed by atoms with Crippen LogP contribution in [0.5, 0.6) is 5.75 Å². The molecule has 0 radical (unpaired) electrons. The Morgan fingerprint density at radius 2 is 2.00 bits per heavy atom. The van der Waals surface area contributed by atoms with Gasteiger partial charge in [-0.2, -0.15) is 0 Å². The van der Waals surface area contributed by atoms with Crippen LogP contribution in [0.25, 0.3) is 0 Å². The van der Waals surface area contributed by atoms with E-state index in [0.717, 1.165) is 42.3 Å². The quantitative estimate of drug-likeness (QED) is 0.875. The van der Waals surface area contributed by atoms with Gasteiger partial charge in [-0.3, -0.25) is 0 Å². The Bertz CT molecular complexity index is 465. The van der Waals surface area contributed by atoms with Crippen LogP contribution >= 0.6 is 11.6 Å². The van der Waals surface area contributed by atoms with Crippen LogP contribution in [0.2, 0.25) is 5.02 Å². The summed E-state index contributed by atoms with van der Waals surface area (Å²) in [5, 5.41) is 14.4. The van der Waals surface area contributed by atoms with Crippen molar-refractivity contribution in [3.8, 4) is 5.75 Å². The molecule has 1 heterocycles. The zero-order chi connectivity index (χ0) is 13.4. The second-order valence-electron chi connectivity index (χ2n) is 5.78. The van der Waals surface area contributed by atoms with E-state index in [9.17, 15) is 5.11 Å². The van der Waals surface area contributed by atoms with Gasteiger partial charge in [0.25, 0.3) is 0 Å². The van der Waals surface area contributed by atoms with Crippen molar-refractivity contribution in [2.75, 3.05) is 13.1 Å². The van der Waals surface area contributed by atoms with Gasteiger partial charge in [0.15, 0.2) is 0 Å². The summed E-state index contributed by atoms with van der Waals surface area (Å²) >= 11 is 6.01. The van der Waals surface area contributed by atoms with Crippen LogP contribution in [0.1, 0.15) is 18.4 Å². The van der Waals surface area contributed by atoms with E-state index in [1.165, 1.54) is 0 Å². The number of aryl methyl sites for hydroxylation is 1. The number of benzene rings is 1. The number of aliphatic hydroxyl groups excluding tert-OH is 1. The van der Waals surface area contributed by atoms with Gasteiger partial charge >= 0.3 is 0 Å². The molecule has 4 atom stereocenters. The summed E-state index contributed by atoms with van der Waals surface area (Å²) in [6.45, 7) is 4.05. The molecule has 2 aliphatic rings. The maximum absolute atomic E-state index is 10.2. The number of hydrogen-bond acceptors (Lipinski definition) is 3. The normalized spacial score (nSPS) is 34.1. The van der Waals surface area contributed by atoms with Crippen LogP contribution in [0.15, 0.2) is 18.2 Å². The zero-order valence-corrected chi connectivity index (χ0v) is 11.9. The molecule has 0 aromatic heterocycles. The monoisotopic (exact) mass is 281 g/mol. The van der Waals surface area contributed by atoms with Gasteiger partial charge in [0, 0.05) is 5.02 Å². The van der Waals surface area contributed by atoms with E-state index in [-0.39, 0.29) is 12.2 Å². The first kappa shape index (κ1) is 13.2. The van der Waals surface area contributed by atoms with Crippen molar-refractivity contribution >= 4 is 11.6 Å². The Morgan fingerprint density at radius 3 is 2.74 bits per heavy atom. The molecule has 1 aromatic carbocycles. The topological polar surface area (TPSA) is 41.5 Å². The van der Waals surface area contributed by atoms with E-state index in [0.29, 0.717) is 11.8 Å². The first-order valence-electron chi connectivity index (χ1n) is 6.95. The summed E-state index contributed by atoms with van der Waals surface area (Å²) in [7, 11) is 0. The van der Waals surface area contributed by atoms with E-state index in [1.807, 2.05) is 25.1 Å². The van der Waals surface area contributed by atoms with E-state index in [2.05, 4.69) is 5.32 Å². The van der Waals surface area contributed by atoms with Gasteiger partial charge in [-0.05, 0) is 68.5 Å². The molecule has 1 aliphatic heterocycles. The minimum atomic E-state index is -0.364. The number of nitrogens with one attached hydrogen (secondary N) is 1. The van der Waals surface area contributed by atoms with Gasteiger partial charge in [0.1, 0.15) is 11.9 Å². The highest BCUT2D eigenvalue weighted by molar-refractivity contribution is 6.31. The molecule has 0 unspecified atom stereocenters. The third-order valence-corrected chi connectivity index (χ3v) is 4.83. The van der Waals surface area contributed by atoms with Gasteiger partial charge in [0.05, 0.1) is 6.10 Å². The predicted octanol–water partition coefficient (Wildman–Crippen LogP) is 2.39. The highest BCUT2D eigenvalue weighted by Crippen LogP contribution is 2.35. The van der Waals surface area contributed by atoms with Crippen LogP contribution < -0.4 is 10.1 Å². The third-order valence-electron chi connectivity index (χ3n) is 4.41. The molecule has 1 saturated carbocycles. The average molecular weight is 282 g/mol. The van der Waals surface area contributed by atoms with E-state index < -0.39 is 0 Å². The van der Waals surface area contributed by atoms with Crippen LogP contribution in [0.3, 0.4) is 0 Å². The molecule has 4 heteroatoms. The van der Waals surface area contributed by atoms with Crippen molar-refractivity contribution in [3.63, 3.8) is 0 Å². The van der Waals surface area contributed by atoms with Gasteiger partial charge < -0.3 is 15.2 Å². The van der Waals surface area contributed by atoms with Crippen molar-refractivity contribution < 1.29 is 9.84 Å². The lowest BCUT2D eigenvalue weighted by atomic mass is 9.78. The maximum Gasteiger partial charge on any atom is 0.125 e. The van der Waals surface area contributed by atoms with Crippen LogP contribution in [-0.2, 0) is 0 Å². The van der Waals surface area contributed by atoms with Crippen molar-refractivity contribution in [1.29, 1.82) is 0 Å². The summed E-state index contributed by atoms with van der Waals surface area (Å²) in [4.78, 5) is 0. The van der Waals surface area contributed by atoms with Gasteiger partial charge in [0.2, 0.25) is 0 Å². The smallest absolute Gasteiger partial charge is 0.125 e. The molecule has 0 amide bonds. The molecule has 0 spiro atoms. The Morgan fingerprint density at radius 1 is 1.26 bits per heavy atom. The minimum absolute atomic E-state index is 0.0956. The van der Waals surface area contributed by atoms with Gasteiger partial charge in [-0.25, -0.2) is 0 Å². The van der Waals surface area contributed by atoms with Crippen LogP contribution in [-0.4, -0.2) is 30.4 Å². The van der Waals surface area contributed by atoms with Crippen molar-refractivity contribution in [1.82, 2.24) is 5.32 Å². The Balaban J connectivity index is 1.70. The Hall–Kier alpha value is -0.770. The summed E-state index contributed by atoms with van der Waals surface area (Å²) in [5.74, 6) is 2.05. The summed E-state index contributed by atoms with van der Waals surface area (Å²) < 4.78 is 5.98. The highest BCUT2D eigenvalue weighted by Gasteiger charge is 2.39. The second-order valence-corrected chi connectivity index (χ2v) is 6.19. The number of halogens is 1. The molecular weight excluding hydrogens is 262 g/mol. The molecule has 2 fully saturated rings. The first-order valence-corrected chi connectivity index (χ1v) is 7.33. The lowest BCUT2D eigenvalue weighted by Gasteiger charge is -2.35. The van der Waals surface area contributed by atoms with Gasteiger partial charge in [-0.15, -0.1) is 0 Å². The first-order chi connectivity index (χ1) is 9.13. The molecule has 1 aromatic rings. The summed E-state index contributed by atoms with van der Waals surface area (Å²) in [5.41, 5.74) is 1.00. The van der Waals surface area contributed by atoms with Gasteiger partial charge in [-0.1, -0.05) is 11.6 Å². The summed E-state index contributed by atoms with van der Waals surface area (Å²) in [6, 6.07) is 5.66. The molecule has 2 N–H and O–H groups in total. The Labute approximate surface area is 118 Å². The van der Waals surface area contributed by atoms with Crippen molar-refractivity contribution in [3.05, 3.63) is 28.8 Å². The van der Waals surface area contributed by atoms with E-state index in [4.69, 9.17) is 16.3 Å². The molecule has 3 rings (SSSR count). The lowest BCUT2D eigenvalue weighted by Crippen LogP contribution is -2.42. The Kier molecular flexibility index (Phi) is 3.70. The molecule has 104 valence electrons. The van der Waals surface area contributed by atoms with Crippen molar-refractivity contribution in [2.24, 2.45) is 11.8 Å². The fraction of sp³-hybridized carbons (Fsp3) is 0.600. The third kappa shape index (κ3) is 2.73. The lowest BCUT2D eigenvalue weighted by molar-refractivity contribution is -0.0231. The van der Waals surface area contributed by atoms with E-state index in [1.54, 1.807) is 0 Å². The number of hydrogen-bond donors (Lipinski definition) is 2. The molecule has 3 nitrogen and oxygen atoms in total. The number of aliphatic hydroxyl groups is 1. The highest BCUT2D eigenvalue weighted by atomic mass is 35.5. The average Bonchev–Trinajstić information content (AvgIpc) is 2.81. The number of fused-ring (bicyclic) bond motifs is 1. The number of ether oxygens (including phenoxy) is 1. The molecule has 1 saturated heterocycles. The molecule has 19 heavy (non-hydrogen) atoms. The maximum atomic E-state index is 10.2. The fourth-order valence-corrected chi connectivity index (χ4v) is 3.37. The molecule has 0 bridgehead atoms. The zero-order valence-electron chi connectivity index (χ0n) is 11.1. The molecule has 1 aliphatic carbocycles. The van der Waals surface area contributed by atoms with E-state index >= 15 is 0 Å². The fourth-order valence-electron chi connectivity index (χ4n) is 3.25. The number of rotatable bonds is 2. The van der Waals surface area contributed by atoms with Crippen molar-refractivity contribution in [2.45, 2.75) is 32.0 Å². The minimum Gasteiger partial charge on any atom is -0.488 e.